The normalized spacial score (nSPS) is 23.5. The monoisotopic (exact) mass is 378 g/mol. The van der Waals surface area contributed by atoms with Crippen LogP contribution in [0.15, 0.2) is 48.7 Å². The van der Waals surface area contributed by atoms with Crippen LogP contribution in [0.25, 0.3) is 0 Å². The van der Waals surface area contributed by atoms with E-state index in [9.17, 15) is 4.79 Å². The summed E-state index contributed by atoms with van der Waals surface area (Å²) in [6, 6.07) is 15.4. The molecular weight excluding hydrogens is 348 g/mol. The van der Waals surface area contributed by atoms with Crippen molar-refractivity contribution < 1.29 is 4.79 Å². The van der Waals surface area contributed by atoms with E-state index in [4.69, 9.17) is 0 Å². The van der Waals surface area contributed by atoms with Crippen LogP contribution in [0.4, 0.5) is 5.69 Å². The maximum Gasteiger partial charge on any atom is 0.223 e. The molecule has 0 spiro atoms. The molecule has 3 heterocycles. The molecule has 4 rings (SSSR count). The Morgan fingerprint density at radius 1 is 1.11 bits per heavy atom. The van der Waals surface area contributed by atoms with Crippen molar-refractivity contribution in [3.63, 3.8) is 0 Å². The molecule has 0 aliphatic carbocycles. The molecule has 1 aromatic carbocycles. The zero-order chi connectivity index (χ0) is 19.3. The topological polar surface area (TPSA) is 48.5 Å². The van der Waals surface area contributed by atoms with Crippen molar-refractivity contribution >= 4 is 11.6 Å². The number of carbonyl (C=O) groups is 1. The number of carbonyl (C=O) groups excluding carboxylic acids is 1. The van der Waals surface area contributed by atoms with Gasteiger partial charge in [-0.3, -0.25) is 14.7 Å². The summed E-state index contributed by atoms with van der Waals surface area (Å²) in [4.78, 5) is 21.6. The molecule has 2 aliphatic rings. The van der Waals surface area contributed by atoms with E-state index in [0.717, 1.165) is 44.0 Å². The zero-order valence-corrected chi connectivity index (χ0v) is 16.7. The van der Waals surface area contributed by atoms with Crippen molar-refractivity contribution in [1.82, 2.24) is 15.2 Å². The number of aromatic nitrogens is 1. The Morgan fingerprint density at radius 2 is 1.93 bits per heavy atom. The summed E-state index contributed by atoms with van der Waals surface area (Å²) in [5.41, 5.74) is 3.38. The average Bonchev–Trinajstić information content (AvgIpc) is 2.72. The Hall–Kier alpha value is -2.24. The quantitative estimate of drug-likeness (QED) is 0.871. The number of piperidine rings is 1. The van der Waals surface area contributed by atoms with Crippen molar-refractivity contribution in [3.05, 3.63) is 59.9 Å². The van der Waals surface area contributed by atoms with Crippen LogP contribution in [0.1, 0.15) is 43.9 Å². The molecule has 28 heavy (non-hydrogen) atoms. The maximum atomic E-state index is 12.4. The first-order valence-corrected chi connectivity index (χ1v) is 10.4. The van der Waals surface area contributed by atoms with Gasteiger partial charge in [0.25, 0.3) is 0 Å². The van der Waals surface area contributed by atoms with E-state index in [0.29, 0.717) is 12.1 Å². The van der Waals surface area contributed by atoms with Gasteiger partial charge in [-0.1, -0.05) is 30.7 Å². The third kappa shape index (κ3) is 4.26. The molecule has 5 nitrogen and oxygen atoms in total. The van der Waals surface area contributed by atoms with Gasteiger partial charge in [0.05, 0.1) is 5.69 Å². The number of fused-ring (bicyclic) bond motifs is 3. The Kier molecular flexibility index (Phi) is 6.03. The van der Waals surface area contributed by atoms with Crippen LogP contribution in [0.5, 0.6) is 0 Å². The van der Waals surface area contributed by atoms with Gasteiger partial charge in [-0.15, -0.1) is 0 Å². The fraction of sp³-hybridized carbons (Fsp3) is 0.478. The lowest BCUT2D eigenvalue weighted by atomic mass is 9.92. The first kappa shape index (κ1) is 19.1. The van der Waals surface area contributed by atoms with E-state index in [1.165, 1.54) is 24.8 Å². The van der Waals surface area contributed by atoms with E-state index in [1.807, 2.05) is 23.2 Å². The van der Waals surface area contributed by atoms with Gasteiger partial charge in [-0.2, -0.15) is 0 Å². The number of anilines is 1. The van der Waals surface area contributed by atoms with Crippen LogP contribution in [0.2, 0.25) is 0 Å². The van der Waals surface area contributed by atoms with Crippen molar-refractivity contribution in [3.8, 4) is 0 Å². The van der Waals surface area contributed by atoms with Gasteiger partial charge in [0, 0.05) is 57.1 Å². The van der Waals surface area contributed by atoms with Crippen LogP contribution in [0, 0.1) is 0 Å². The second kappa shape index (κ2) is 8.84. The summed E-state index contributed by atoms with van der Waals surface area (Å²) in [7, 11) is 0. The molecule has 1 saturated heterocycles. The highest BCUT2D eigenvalue weighted by atomic mass is 16.2. The molecular formula is C23H30N4O. The molecule has 1 fully saturated rings. The molecule has 1 aromatic heterocycles. The fourth-order valence-corrected chi connectivity index (χ4v) is 4.71. The lowest BCUT2D eigenvalue weighted by Crippen LogP contribution is -2.51. The number of amides is 1. The first-order chi connectivity index (χ1) is 13.7. The molecule has 5 heteroatoms. The highest BCUT2D eigenvalue weighted by molar-refractivity contribution is 5.92. The molecule has 2 bridgehead atoms. The van der Waals surface area contributed by atoms with E-state index < -0.39 is 0 Å². The van der Waals surface area contributed by atoms with E-state index in [-0.39, 0.29) is 5.91 Å². The number of hydrogen-bond acceptors (Lipinski definition) is 4. The molecule has 0 radical (unpaired) electrons. The largest absolute Gasteiger partial charge is 0.312 e. The van der Waals surface area contributed by atoms with Gasteiger partial charge in [-0.25, -0.2) is 0 Å². The lowest BCUT2D eigenvalue weighted by molar-refractivity contribution is -0.116. The SMILES string of the molecule is CC(=O)N1CCC2CCCC(CNCc3ccccc31)N2Cc1ccccn1. The molecule has 2 unspecified atom stereocenters. The summed E-state index contributed by atoms with van der Waals surface area (Å²) < 4.78 is 0. The van der Waals surface area contributed by atoms with Crippen molar-refractivity contribution in [1.29, 1.82) is 0 Å². The Balaban J connectivity index is 1.61. The minimum atomic E-state index is 0.121. The number of rotatable bonds is 2. The standard InChI is InChI=1S/C23H30N4O/c1-18(28)26-14-12-21-9-6-10-22(27(21)17-20-8-4-5-13-25-20)16-24-15-19-7-2-3-11-23(19)26/h2-5,7-8,11,13,21-22,24H,6,9-10,12,14-17H2,1H3. The summed E-state index contributed by atoms with van der Waals surface area (Å²) >= 11 is 0. The summed E-state index contributed by atoms with van der Waals surface area (Å²) in [6.07, 6.45) is 6.54. The highest BCUT2D eigenvalue weighted by Crippen LogP contribution is 2.29. The van der Waals surface area contributed by atoms with Crippen molar-refractivity contribution in [2.45, 2.75) is 57.8 Å². The van der Waals surface area contributed by atoms with Gasteiger partial charge < -0.3 is 10.2 Å². The van der Waals surface area contributed by atoms with Crippen LogP contribution < -0.4 is 10.2 Å². The summed E-state index contributed by atoms with van der Waals surface area (Å²) in [6.45, 7) is 5.09. The number of nitrogens with zero attached hydrogens (tertiary/aromatic N) is 3. The third-order valence-corrected chi connectivity index (χ3v) is 6.13. The maximum absolute atomic E-state index is 12.4. The predicted molar refractivity (Wildman–Crippen MR) is 112 cm³/mol. The summed E-state index contributed by atoms with van der Waals surface area (Å²) in [5.74, 6) is 0.121. The van der Waals surface area contributed by atoms with Gasteiger partial charge in [0.15, 0.2) is 0 Å². The van der Waals surface area contributed by atoms with E-state index in [1.54, 1.807) is 6.92 Å². The predicted octanol–water partition coefficient (Wildman–Crippen LogP) is 3.35. The number of hydrogen-bond donors (Lipinski definition) is 1. The first-order valence-electron chi connectivity index (χ1n) is 10.4. The molecule has 148 valence electrons. The minimum absolute atomic E-state index is 0.121. The second-order valence-electron chi connectivity index (χ2n) is 7.95. The van der Waals surface area contributed by atoms with Gasteiger partial charge in [0.2, 0.25) is 5.91 Å². The Morgan fingerprint density at radius 3 is 2.75 bits per heavy atom. The van der Waals surface area contributed by atoms with Crippen LogP contribution in [0.3, 0.4) is 0 Å². The molecule has 2 aromatic rings. The lowest BCUT2D eigenvalue weighted by Gasteiger charge is -2.42. The summed E-state index contributed by atoms with van der Waals surface area (Å²) in [5, 5.41) is 3.67. The molecule has 2 atom stereocenters. The molecule has 1 N–H and O–H groups in total. The van der Waals surface area contributed by atoms with Crippen LogP contribution >= 0.6 is 0 Å². The second-order valence-corrected chi connectivity index (χ2v) is 7.95. The average molecular weight is 379 g/mol. The van der Waals surface area contributed by atoms with Gasteiger partial charge >= 0.3 is 0 Å². The van der Waals surface area contributed by atoms with Gasteiger partial charge in [-0.05, 0) is 43.0 Å². The Labute approximate surface area is 167 Å². The van der Waals surface area contributed by atoms with Crippen LogP contribution in [-0.4, -0.2) is 41.0 Å². The highest BCUT2D eigenvalue weighted by Gasteiger charge is 2.32. The number of para-hydroxylation sites is 1. The van der Waals surface area contributed by atoms with E-state index in [2.05, 4.69) is 45.5 Å². The van der Waals surface area contributed by atoms with Gasteiger partial charge in [0.1, 0.15) is 0 Å². The Bertz CT molecular complexity index is 794. The molecule has 1 amide bonds. The number of benzene rings is 1. The molecule has 2 aliphatic heterocycles. The minimum Gasteiger partial charge on any atom is -0.312 e. The molecule has 0 saturated carbocycles. The van der Waals surface area contributed by atoms with Crippen molar-refractivity contribution in [2.24, 2.45) is 0 Å². The van der Waals surface area contributed by atoms with E-state index >= 15 is 0 Å². The fourth-order valence-electron chi connectivity index (χ4n) is 4.71. The zero-order valence-electron chi connectivity index (χ0n) is 16.7. The van der Waals surface area contributed by atoms with Crippen molar-refractivity contribution in [2.75, 3.05) is 18.0 Å². The number of pyridine rings is 1. The number of nitrogens with one attached hydrogen (secondary N) is 1. The third-order valence-electron chi connectivity index (χ3n) is 6.13. The smallest absolute Gasteiger partial charge is 0.223 e. The van der Waals surface area contributed by atoms with Crippen LogP contribution in [-0.2, 0) is 17.9 Å².